The Kier molecular flexibility index (Phi) is 5.88. The standard InChI is InChI=1S/C23H19Cl3N6O/c24-13-6-7-28-20(9-13)30-22(33)12-4-5-19-18(8-12)29-23(32(19)15-10-14(27)11-15)31-21-16(25)2-1-3-17(21)26/h1-9,14-15H,10-11,27H2,(H,29,31)(H,28,30,33)/t14-,15-. The highest BCUT2D eigenvalue weighted by Gasteiger charge is 2.31. The van der Waals surface area contributed by atoms with Crippen LogP contribution >= 0.6 is 34.8 Å². The summed E-state index contributed by atoms with van der Waals surface area (Å²) in [6.45, 7) is 0. The SMILES string of the molecule is N[C@H]1C[C@H](n2c(Nc3c(Cl)cccc3Cl)nc3cc(C(=O)Nc4cc(Cl)ccn4)ccc32)C1. The van der Waals surface area contributed by atoms with Crippen molar-refractivity contribution in [2.75, 3.05) is 10.6 Å². The quantitative estimate of drug-likeness (QED) is 0.309. The summed E-state index contributed by atoms with van der Waals surface area (Å²) in [5.74, 6) is 0.652. The van der Waals surface area contributed by atoms with E-state index in [1.54, 1.807) is 42.5 Å². The van der Waals surface area contributed by atoms with Crippen molar-refractivity contribution in [1.82, 2.24) is 14.5 Å². The van der Waals surface area contributed by atoms with Crippen molar-refractivity contribution in [3.05, 3.63) is 75.4 Å². The van der Waals surface area contributed by atoms with E-state index in [2.05, 4.69) is 20.2 Å². The van der Waals surface area contributed by atoms with E-state index in [9.17, 15) is 4.79 Å². The summed E-state index contributed by atoms with van der Waals surface area (Å²) in [4.78, 5) is 21.7. The molecule has 4 aromatic rings. The summed E-state index contributed by atoms with van der Waals surface area (Å²) < 4.78 is 2.10. The normalized spacial score (nSPS) is 17.6. The fraction of sp³-hybridized carbons (Fsp3) is 0.174. The molecule has 0 atom stereocenters. The van der Waals surface area contributed by atoms with Crippen molar-refractivity contribution in [3.8, 4) is 0 Å². The van der Waals surface area contributed by atoms with E-state index in [1.165, 1.54) is 6.20 Å². The van der Waals surface area contributed by atoms with Gasteiger partial charge in [0.1, 0.15) is 5.82 Å². The first-order valence-corrected chi connectivity index (χ1v) is 11.4. The first kappa shape index (κ1) is 22.0. The molecule has 7 nitrogen and oxygen atoms in total. The minimum absolute atomic E-state index is 0.152. The van der Waals surface area contributed by atoms with Gasteiger partial charge in [0.25, 0.3) is 5.91 Å². The highest BCUT2D eigenvalue weighted by molar-refractivity contribution is 6.39. The molecule has 5 rings (SSSR count). The maximum absolute atomic E-state index is 12.8. The fourth-order valence-corrected chi connectivity index (χ4v) is 4.58. The number of imidazole rings is 1. The van der Waals surface area contributed by atoms with Gasteiger partial charge in [-0.05, 0) is 55.3 Å². The zero-order valence-corrected chi connectivity index (χ0v) is 19.5. The van der Waals surface area contributed by atoms with Gasteiger partial charge in [-0.2, -0.15) is 0 Å². The Morgan fingerprint density at radius 3 is 2.52 bits per heavy atom. The van der Waals surface area contributed by atoms with Crippen LogP contribution in [0.25, 0.3) is 11.0 Å². The van der Waals surface area contributed by atoms with E-state index >= 15 is 0 Å². The molecule has 2 aromatic carbocycles. The Balaban J connectivity index is 1.52. The zero-order chi connectivity index (χ0) is 23.1. The summed E-state index contributed by atoms with van der Waals surface area (Å²) in [5, 5.41) is 7.50. The number of fused-ring (bicyclic) bond motifs is 1. The lowest BCUT2D eigenvalue weighted by atomic mass is 9.87. The third kappa shape index (κ3) is 4.37. The fourth-order valence-electron chi connectivity index (χ4n) is 3.93. The summed E-state index contributed by atoms with van der Waals surface area (Å²) in [7, 11) is 0. The van der Waals surface area contributed by atoms with Crippen LogP contribution in [0.2, 0.25) is 15.1 Å². The first-order chi connectivity index (χ1) is 15.9. The lowest BCUT2D eigenvalue weighted by molar-refractivity contribution is 0.102. The van der Waals surface area contributed by atoms with E-state index in [1.807, 2.05) is 6.07 Å². The van der Waals surface area contributed by atoms with Crippen LogP contribution in [0, 0.1) is 0 Å². The van der Waals surface area contributed by atoms with Gasteiger partial charge in [-0.25, -0.2) is 9.97 Å². The molecule has 1 saturated carbocycles. The summed E-state index contributed by atoms with van der Waals surface area (Å²) in [6, 6.07) is 14.2. The molecule has 0 radical (unpaired) electrons. The molecular formula is C23H19Cl3N6O. The number of carbonyl (C=O) groups is 1. The number of anilines is 3. The largest absolute Gasteiger partial charge is 0.328 e. The molecular weight excluding hydrogens is 483 g/mol. The van der Waals surface area contributed by atoms with Gasteiger partial charge in [0, 0.05) is 28.9 Å². The average molecular weight is 502 g/mol. The van der Waals surface area contributed by atoms with Crippen LogP contribution in [0.15, 0.2) is 54.7 Å². The predicted octanol–water partition coefficient (Wildman–Crippen LogP) is 6.05. The van der Waals surface area contributed by atoms with Gasteiger partial charge in [0.05, 0.1) is 26.8 Å². The molecule has 168 valence electrons. The number of carbonyl (C=O) groups excluding carboxylic acids is 1. The molecule has 1 aliphatic rings. The first-order valence-electron chi connectivity index (χ1n) is 10.3. The van der Waals surface area contributed by atoms with Crippen LogP contribution in [0.1, 0.15) is 29.2 Å². The van der Waals surface area contributed by atoms with Crippen molar-refractivity contribution < 1.29 is 4.79 Å². The Labute approximate surface area is 204 Å². The number of hydrogen-bond acceptors (Lipinski definition) is 5. The number of aromatic nitrogens is 3. The average Bonchev–Trinajstić information content (AvgIpc) is 3.11. The molecule has 2 heterocycles. The number of nitrogens with two attached hydrogens (primary N) is 1. The minimum Gasteiger partial charge on any atom is -0.328 e. The third-order valence-corrected chi connectivity index (χ3v) is 6.49. The Morgan fingerprint density at radius 1 is 1.06 bits per heavy atom. The van der Waals surface area contributed by atoms with E-state index in [0.29, 0.717) is 43.6 Å². The molecule has 1 fully saturated rings. The van der Waals surface area contributed by atoms with Gasteiger partial charge in [-0.3, -0.25) is 4.79 Å². The number of nitrogens with one attached hydrogen (secondary N) is 2. The lowest BCUT2D eigenvalue weighted by Gasteiger charge is -2.35. The summed E-state index contributed by atoms with van der Waals surface area (Å²) in [6.07, 6.45) is 3.20. The summed E-state index contributed by atoms with van der Waals surface area (Å²) >= 11 is 18.7. The van der Waals surface area contributed by atoms with Gasteiger partial charge in [0.15, 0.2) is 0 Å². The van der Waals surface area contributed by atoms with Crippen molar-refractivity contribution in [1.29, 1.82) is 0 Å². The van der Waals surface area contributed by atoms with Crippen molar-refractivity contribution in [2.24, 2.45) is 5.73 Å². The molecule has 0 bridgehead atoms. The van der Waals surface area contributed by atoms with Crippen LogP contribution in [-0.2, 0) is 0 Å². The van der Waals surface area contributed by atoms with E-state index < -0.39 is 0 Å². The monoisotopic (exact) mass is 500 g/mol. The van der Waals surface area contributed by atoms with Gasteiger partial charge < -0.3 is 20.9 Å². The number of amides is 1. The van der Waals surface area contributed by atoms with Gasteiger partial charge in [-0.15, -0.1) is 0 Å². The highest BCUT2D eigenvalue weighted by Crippen LogP contribution is 2.39. The van der Waals surface area contributed by atoms with Crippen molar-refractivity contribution >= 4 is 69.2 Å². The topological polar surface area (TPSA) is 97.9 Å². The maximum Gasteiger partial charge on any atom is 0.256 e. The minimum atomic E-state index is -0.310. The molecule has 1 amide bonds. The summed E-state index contributed by atoms with van der Waals surface area (Å²) in [5.41, 5.74) is 8.62. The second kappa shape index (κ2) is 8.83. The molecule has 4 N–H and O–H groups in total. The number of hydrogen-bond donors (Lipinski definition) is 3. The van der Waals surface area contributed by atoms with Gasteiger partial charge in [0.2, 0.25) is 5.95 Å². The molecule has 33 heavy (non-hydrogen) atoms. The molecule has 10 heteroatoms. The van der Waals surface area contributed by atoms with Gasteiger partial charge >= 0.3 is 0 Å². The van der Waals surface area contributed by atoms with Crippen molar-refractivity contribution in [2.45, 2.75) is 24.9 Å². The maximum atomic E-state index is 12.8. The Morgan fingerprint density at radius 2 is 1.82 bits per heavy atom. The number of para-hydroxylation sites is 1. The predicted molar refractivity (Wildman–Crippen MR) is 133 cm³/mol. The number of nitrogens with zero attached hydrogens (tertiary/aromatic N) is 3. The van der Waals surface area contributed by atoms with Crippen LogP contribution in [0.3, 0.4) is 0 Å². The lowest BCUT2D eigenvalue weighted by Crippen LogP contribution is -2.38. The van der Waals surface area contributed by atoms with Crippen LogP contribution in [-0.4, -0.2) is 26.5 Å². The van der Waals surface area contributed by atoms with E-state index in [-0.39, 0.29) is 18.0 Å². The molecule has 1 aliphatic carbocycles. The third-order valence-electron chi connectivity index (χ3n) is 5.63. The van der Waals surface area contributed by atoms with E-state index in [0.717, 1.165) is 18.4 Å². The zero-order valence-electron chi connectivity index (χ0n) is 17.2. The smallest absolute Gasteiger partial charge is 0.256 e. The molecule has 0 spiro atoms. The van der Waals surface area contributed by atoms with Crippen molar-refractivity contribution in [3.63, 3.8) is 0 Å². The van der Waals surface area contributed by atoms with Crippen LogP contribution in [0.4, 0.5) is 17.5 Å². The Bertz CT molecular complexity index is 1350. The molecule has 0 saturated heterocycles. The van der Waals surface area contributed by atoms with Crippen LogP contribution < -0.4 is 16.4 Å². The van der Waals surface area contributed by atoms with Gasteiger partial charge in [-0.1, -0.05) is 40.9 Å². The number of halogens is 3. The molecule has 0 aliphatic heterocycles. The number of pyridine rings is 1. The number of rotatable bonds is 5. The second-order valence-corrected chi connectivity index (χ2v) is 9.18. The van der Waals surface area contributed by atoms with E-state index in [4.69, 9.17) is 45.5 Å². The highest BCUT2D eigenvalue weighted by atomic mass is 35.5. The second-order valence-electron chi connectivity index (χ2n) is 7.93. The Hall–Kier alpha value is -2.84. The number of benzene rings is 2. The molecule has 2 aromatic heterocycles. The van der Waals surface area contributed by atoms with Crippen LogP contribution in [0.5, 0.6) is 0 Å². The molecule has 0 unspecified atom stereocenters.